The van der Waals surface area contributed by atoms with Gasteiger partial charge in [0.05, 0.1) is 11.6 Å². The molecule has 2 aromatic carbocycles. The molecular formula is C19H20N2. The van der Waals surface area contributed by atoms with Gasteiger partial charge in [-0.2, -0.15) is 5.26 Å². The fourth-order valence-corrected chi connectivity index (χ4v) is 3.37. The number of aryl methyl sites for hydroxylation is 2. The van der Waals surface area contributed by atoms with Gasteiger partial charge < -0.3 is 4.90 Å². The average molecular weight is 276 g/mol. The van der Waals surface area contributed by atoms with Crippen molar-refractivity contribution >= 4 is 5.69 Å². The molecule has 1 aliphatic heterocycles. The normalized spacial score (nSPS) is 13.7. The molecule has 0 aromatic heterocycles. The summed E-state index contributed by atoms with van der Waals surface area (Å²) in [4.78, 5) is 2.35. The zero-order valence-corrected chi connectivity index (χ0v) is 12.9. The van der Waals surface area contributed by atoms with E-state index in [0.717, 1.165) is 18.5 Å². The summed E-state index contributed by atoms with van der Waals surface area (Å²) in [5.41, 5.74) is 8.66. The van der Waals surface area contributed by atoms with E-state index in [2.05, 4.69) is 50.1 Å². The lowest BCUT2D eigenvalue weighted by molar-refractivity contribution is 0.745. The number of rotatable bonds is 1. The number of nitriles is 1. The number of hydrogen-bond acceptors (Lipinski definition) is 2. The highest BCUT2D eigenvalue weighted by atomic mass is 15.1. The van der Waals surface area contributed by atoms with Gasteiger partial charge in [-0.15, -0.1) is 0 Å². The van der Waals surface area contributed by atoms with Crippen LogP contribution in [-0.2, 0) is 6.42 Å². The molecule has 0 amide bonds. The van der Waals surface area contributed by atoms with Crippen LogP contribution in [0.15, 0.2) is 30.3 Å². The molecule has 21 heavy (non-hydrogen) atoms. The van der Waals surface area contributed by atoms with E-state index in [-0.39, 0.29) is 0 Å². The number of nitrogens with zero attached hydrogens (tertiary/aromatic N) is 2. The molecule has 0 fully saturated rings. The summed E-state index contributed by atoms with van der Waals surface area (Å²) in [7, 11) is 2.17. The number of anilines is 1. The van der Waals surface area contributed by atoms with Crippen LogP contribution < -0.4 is 4.90 Å². The molecule has 0 atom stereocenters. The molecule has 0 saturated carbocycles. The van der Waals surface area contributed by atoms with Crippen molar-refractivity contribution < 1.29 is 0 Å². The van der Waals surface area contributed by atoms with Gasteiger partial charge in [0.25, 0.3) is 0 Å². The van der Waals surface area contributed by atoms with Crippen LogP contribution in [0.5, 0.6) is 0 Å². The highest BCUT2D eigenvalue weighted by molar-refractivity contribution is 5.80. The lowest BCUT2D eigenvalue weighted by atomic mass is 9.87. The molecule has 0 aliphatic carbocycles. The number of fused-ring (bicyclic) bond motifs is 1. The molecule has 0 N–H and O–H groups in total. The second-order valence-electron chi connectivity index (χ2n) is 5.92. The SMILES string of the molecule is Cc1cc(C#N)ccc1-c1c(C)ccc2c1CCCN2C. The Bertz CT molecular complexity index is 738. The predicted molar refractivity (Wildman–Crippen MR) is 87.7 cm³/mol. The van der Waals surface area contributed by atoms with E-state index >= 15 is 0 Å². The molecule has 0 saturated heterocycles. The Morgan fingerprint density at radius 1 is 1.10 bits per heavy atom. The van der Waals surface area contributed by atoms with E-state index in [1.54, 1.807) is 0 Å². The Balaban J connectivity index is 2.23. The van der Waals surface area contributed by atoms with E-state index in [9.17, 15) is 0 Å². The Morgan fingerprint density at radius 3 is 2.62 bits per heavy atom. The minimum Gasteiger partial charge on any atom is -0.374 e. The minimum absolute atomic E-state index is 0.732. The van der Waals surface area contributed by atoms with Gasteiger partial charge in [0.1, 0.15) is 0 Å². The third kappa shape index (κ3) is 2.29. The van der Waals surface area contributed by atoms with Gasteiger partial charge in [-0.25, -0.2) is 0 Å². The van der Waals surface area contributed by atoms with Gasteiger partial charge in [-0.1, -0.05) is 12.1 Å². The zero-order valence-electron chi connectivity index (χ0n) is 12.9. The van der Waals surface area contributed by atoms with Gasteiger partial charge >= 0.3 is 0 Å². The van der Waals surface area contributed by atoms with Crippen LogP contribution in [0.3, 0.4) is 0 Å². The molecule has 3 rings (SSSR count). The van der Waals surface area contributed by atoms with Gasteiger partial charge in [0.15, 0.2) is 0 Å². The van der Waals surface area contributed by atoms with Crippen molar-refractivity contribution in [3.63, 3.8) is 0 Å². The molecular weight excluding hydrogens is 256 g/mol. The van der Waals surface area contributed by atoms with Crippen LogP contribution >= 0.6 is 0 Å². The maximum absolute atomic E-state index is 9.05. The molecule has 2 nitrogen and oxygen atoms in total. The molecule has 2 aromatic rings. The van der Waals surface area contributed by atoms with Crippen molar-refractivity contribution in [3.8, 4) is 17.2 Å². The Morgan fingerprint density at radius 2 is 1.90 bits per heavy atom. The Hall–Kier alpha value is -2.27. The van der Waals surface area contributed by atoms with Crippen molar-refractivity contribution in [2.45, 2.75) is 26.7 Å². The minimum atomic E-state index is 0.732. The van der Waals surface area contributed by atoms with Gasteiger partial charge in [-0.05, 0) is 72.7 Å². The van der Waals surface area contributed by atoms with Crippen molar-refractivity contribution in [2.75, 3.05) is 18.5 Å². The molecule has 0 bridgehead atoms. The fraction of sp³-hybridized carbons (Fsp3) is 0.316. The number of hydrogen-bond donors (Lipinski definition) is 0. The van der Waals surface area contributed by atoms with E-state index < -0.39 is 0 Å². The third-order valence-electron chi connectivity index (χ3n) is 4.45. The van der Waals surface area contributed by atoms with Gasteiger partial charge in [0.2, 0.25) is 0 Å². The second kappa shape index (κ2) is 5.26. The highest BCUT2D eigenvalue weighted by Gasteiger charge is 2.20. The monoisotopic (exact) mass is 276 g/mol. The van der Waals surface area contributed by atoms with Crippen LogP contribution in [0.2, 0.25) is 0 Å². The summed E-state index contributed by atoms with van der Waals surface area (Å²) in [6.07, 6.45) is 2.34. The van der Waals surface area contributed by atoms with Crippen LogP contribution in [0, 0.1) is 25.2 Å². The van der Waals surface area contributed by atoms with E-state index in [1.165, 1.54) is 39.9 Å². The molecule has 0 unspecified atom stereocenters. The molecule has 0 spiro atoms. The molecule has 2 heteroatoms. The first-order chi connectivity index (χ1) is 10.1. The lowest BCUT2D eigenvalue weighted by Crippen LogP contribution is -2.25. The first-order valence-corrected chi connectivity index (χ1v) is 7.46. The zero-order chi connectivity index (χ0) is 15.0. The van der Waals surface area contributed by atoms with Gasteiger partial charge in [-0.3, -0.25) is 0 Å². The molecule has 1 heterocycles. The highest BCUT2D eigenvalue weighted by Crippen LogP contribution is 2.38. The smallest absolute Gasteiger partial charge is 0.0991 e. The van der Waals surface area contributed by atoms with Gasteiger partial charge in [0, 0.05) is 19.3 Å². The maximum Gasteiger partial charge on any atom is 0.0991 e. The average Bonchev–Trinajstić information content (AvgIpc) is 2.48. The summed E-state index contributed by atoms with van der Waals surface area (Å²) >= 11 is 0. The number of benzene rings is 2. The van der Waals surface area contributed by atoms with Crippen molar-refractivity contribution in [2.24, 2.45) is 0 Å². The summed E-state index contributed by atoms with van der Waals surface area (Å²) in [5, 5.41) is 9.05. The maximum atomic E-state index is 9.05. The van der Waals surface area contributed by atoms with E-state index in [0.29, 0.717) is 0 Å². The van der Waals surface area contributed by atoms with Crippen LogP contribution in [0.4, 0.5) is 5.69 Å². The first kappa shape index (κ1) is 13.7. The van der Waals surface area contributed by atoms with Crippen LogP contribution in [0.1, 0.15) is 28.7 Å². The summed E-state index contributed by atoms with van der Waals surface area (Å²) in [5.74, 6) is 0. The second-order valence-corrected chi connectivity index (χ2v) is 5.92. The Labute approximate surface area is 126 Å². The summed E-state index contributed by atoms with van der Waals surface area (Å²) in [6.45, 7) is 5.41. The summed E-state index contributed by atoms with van der Waals surface area (Å²) < 4.78 is 0. The molecule has 106 valence electrons. The van der Waals surface area contributed by atoms with Crippen molar-refractivity contribution in [1.82, 2.24) is 0 Å². The van der Waals surface area contributed by atoms with E-state index in [1.807, 2.05) is 12.1 Å². The molecule has 1 aliphatic rings. The largest absolute Gasteiger partial charge is 0.374 e. The topological polar surface area (TPSA) is 27.0 Å². The van der Waals surface area contributed by atoms with Crippen molar-refractivity contribution in [3.05, 3.63) is 52.6 Å². The Kier molecular flexibility index (Phi) is 3.43. The molecule has 0 radical (unpaired) electrons. The lowest BCUT2D eigenvalue weighted by Gasteiger charge is -2.30. The quantitative estimate of drug-likeness (QED) is 0.779. The van der Waals surface area contributed by atoms with E-state index in [4.69, 9.17) is 5.26 Å². The fourth-order valence-electron chi connectivity index (χ4n) is 3.37. The standard InChI is InChI=1S/C19H20N2/c1-13-6-9-18-17(5-4-10-21(18)3)19(13)16-8-7-15(12-20)11-14(16)2/h6-9,11H,4-5,10H2,1-3H3. The van der Waals surface area contributed by atoms with Crippen LogP contribution in [0.25, 0.3) is 11.1 Å². The van der Waals surface area contributed by atoms with Crippen molar-refractivity contribution in [1.29, 1.82) is 5.26 Å². The predicted octanol–water partition coefficient (Wildman–Crippen LogP) is 4.22. The third-order valence-corrected chi connectivity index (χ3v) is 4.45. The first-order valence-electron chi connectivity index (χ1n) is 7.46. The summed E-state index contributed by atoms with van der Waals surface area (Å²) in [6, 6.07) is 12.7. The van der Waals surface area contributed by atoms with Crippen LogP contribution in [-0.4, -0.2) is 13.6 Å².